The van der Waals surface area contributed by atoms with E-state index in [1.807, 2.05) is 13.8 Å². The third-order valence-corrected chi connectivity index (χ3v) is 2.32. The Morgan fingerprint density at radius 2 is 1.69 bits per heavy atom. The van der Waals surface area contributed by atoms with Gasteiger partial charge in [0.25, 0.3) is 0 Å². The van der Waals surface area contributed by atoms with Gasteiger partial charge in [0.2, 0.25) is 11.8 Å². The number of carbonyl (C=O) groups excluding carboxylic acids is 2. The van der Waals surface area contributed by atoms with E-state index < -0.39 is 11.9 Å². The summed E-state index contributed by atoms with van der Waals surface area (Å²) in [6.45, 7) is 5.48. The first-order valence-electron chi connectivity index (χ1n) is 5.85. The van der Waals surface area contributed by atoms with Crippen LogP contribution in [0.3, 0.4) is 0 Å². The van der Waals surface area contributed by atoms with E-state index in [0.717, 1.165) is 25.9 Å². The average Bonchev–Trinajstić information content (AvgIpc) is 2.24. The third kappa shape index (κ3) is 5.70. The maximum Gasteiger partial charge on any atom is 0.239 e. The second kappa shape index (κ2) is 8.10. The van der Waals surface area contributed by atoms with Crippen molar-refractivity contribution in [2.75, 3.05) is 13.1 Å². The molecule has 0 radical (unpaired) electrons. The lowest BCUT2D eigenvalue weighted by Gasteiger charge is -2.24. The highest BCUT2D eigenvalue weighted by atomic mass is 16.2. The van der Waals surface area contributed by atoms with E-state index in [1.165, 1.54) is 0 Å². The molecule has 2 amide bonds. The van der Waals surface area contributed by atoms with Gasteiger partial charge in [-0.25, -0.2) is 0 Å². The molecule has 0 aliphatic heterocycles. The quantitative estimate of drug-likeness (QED) is 0.624. The monoisotopic (exact) mass is 229 g/mol. The van der Waals surface area contributed by atoms with Gasteiger partial charge < -0.3 is 16.4 Å². The summed E-state index contributed by atoms with van der Waals surface area (Å²) in [6, 6.07) is -0.606. The van der Waals surface area contributed by atoms with Crippen LogP contribution in [-0.2, 0) is 9.59 Å². The third-order valence-electron chi connectivity index (χ3n) is 2.32. The number of primary amides is 1. The van der Waals surface area contributed by atoms with Gasteiger partial charge in [-0.3, -0.25) is 9.59 Å². The summed E-state index contributed by atoms with van der Waals surface area (Å²) in [4.78, 5) is 24.2. The largest absolute Gasteiger partial charge is 0.370 e. The zero-order valence-electron chi connectivity index (χ0n) is 10.2. The van der Waals surface area contributed by atoms with Crippen LogP contribution in [-0.4, -0.2) is 35.8 Å². The van der Waals surface area contributed by atoms with Crippen molar-refractivity contribution in [1.82, 2.24) is 4.90 Å². The summed E-state index contributed by atoms with van der Waals surface area (Å²) in [5.41, 5.74) is 10.7. The Bertz CT molecular complexity index is 225. The molecule has 16 heavy (non-hydrogen) atoms. The minimum Gasteiger partial charge on any atom is -0.370 e. The Kier molecular flexibility index (Phi) is 7.54. The molecule has 0 saturated carbocycles. The molecule has 0 aromatic carbocycles. The number of nitrogens with two attached hydrogens (primary N) is 2. The maximum atomic E-state index is 11.9. The van der Waals surface area contributed by atoms with Crippen molar-refractivity contribution in [2.45, 2.75) is 45.6 Å². The summed E-state index contributed by atoms with van der Waals surface area (Å²) < 4.78 is 0. The van der Waals surface area contributed by atoms with Crippen molar-refractivity contribution >= 4 is 11.8 Å². The second-order valence-corrected chi connectivity index (χ2v) is 3.94. The van der Waals surface area contributed by atoms with E-state index in [0.29, 0.717) is 6.42 Å². The van der Waals surface area contributed by atoms with Gasteiger partial charge in [-0.05, 0) is 19.3 Å². The highest BCUT2D eigenvalue weighted by molar-refractivity contribution is 5.82. The van der Waals surface area contributed by atoms with E-state index in [4.69, 9.17) is 11.5 Å². The zero-order valence-corrected chi connectivity index (χ0v) is 10.2. The van der Waals surface area contributed by atoms with E-state index in [1.54, 1.807) is 4.90 Å². The van der Waals surface area contributed by atoms with Crippen LogP contribution in [0.4, 0.5) is 0 Å². The fraction of sp³-hybridized carbons (Fsp3) is 0.818. The first-order valence-corrected chi connectivity index (χ1v) is 5.85. The van der Waals surface area contributed by atoms with Crippen molar-refractivity contribution in [1.29, 1.82) is 0 Å². The van der Waals surface area contributed by atoms with Gasteiger partial charge in [0.05, 0.1) is 6.04 Å². The minimum atomic E-state index is -0.606. The molecule has 0 saturated heterocycles. The Hall–Kier alpha value is -1.10. The average molecular weight is 229 g/mol. The standard InChI is InChI=1S/C11H23N3O2/c1-3-7-14(8-4-2)11(16)9(12)5-6-10(13)15/h9H,3-8,12H2,1-2H3,(H2,13,15). The SMILES string of the molecule is CCCN(CCC)C(=O)C(N)CCC(N)=O. The molecule has 4 N–H and O–H groups in total. The molecule has 0 aliphatic carbocycles. The number of hydrogen-bond donors (Lipinski definition) is 2. The van der Waals surface area contributed by atoms with E-state index in [-0.39, 0.29) is 12.3 Å². The predicted octanol–water partition coefficient (Wildman–Crippen LogP) is 0.228. The fourth-order valence-electron chi connectivity index (χ4n) is 1.53. The molecule has 5 heteroatoms. The molecule has 1 atom stereocenters. The van der Waals surface area contributed by atoms with E-state index >= 15 is 0 Å². The van der Waals surface area contributed by atoms with E-state index in [2.05, 4.69) is 0 Å². The van der Waals surface area contributed by atoms with Crippen LogP contribution < -0.4 is 11.5 Å². The molecular formula is C11H23N3O2. The lowest BCUT2D eigenvalue weighted by atomic mass is 10.1. The van der Waals surface area contributed by atoms with Crippen LogP contribution in [0.5, 0.6) is 0 Å². The molecule has 0 bridgehead atoms. The Balaban J connectivity index is 4.18. The topological polar surface area (TPSA) is 89.4 Å². The lowest BCUT2D eigenvalue weighted by Crippen LogP contribution is -2.44. The molecule has 0 heterocycles. The molecule has 0 aromatic heterocycles. The summed E-state index contributed by atoms with van der Waals surface area (Å²) in [5, 5.41) is 0. The number of nitrogens with zero attached hydrogens (tertiary/aromatic N) is 1. The van der Waals surface area contributed by atoms with Crippen molar-refractivity contribution < 1.29 is 9.59 Å². The summed E-state index contributed by atoms with van der Waals surface area (Å²) in [5.74, 6) is -0.495. The van der Waals surface area contributed by atoms with E-state index in [9.17, 15) is 9.59 Å². The molecule has 5 nitrogen and oxygen atoms in total. The summed E-state index contributed by atoms with van der Waals surface area (Å²) >= 11 is 0. The van der Waals surface area contributed by atoms with Gasteiger partial charge in [0, 0.05) is 19.5 Å². The molecule has 0 aliphatic rings. The van der Waals surface area contributed by atoms with Crippen LogP contribution >= 0.6 is 0 Å². The predicted molar refractivity (Wildman–Crippen MR) is 63.6 cm³/mol. The maximum absolute atomic E-state index is 11.9. The van der Waals surface area contributed by atoms with Gasteiger partial charge in [0.15, 0.2) is 0 Å². The number of rotatable bonds is 8. The molecule has 0 aromatic rings. The number of amides is 2. The first-order chi connectivity index (χ1) is 7.52. The van der Waals surface area contributed by atoms with Crippen molar-refractivity contribution in [3.8, 4) is 0 Å². The van der Waals surface area contributed by atoms with Gasteiger partial charge in [-0.15, -0.1) is 0 Å². The van der Waals surface area contributed by atoms with Crippen molar-refractivity contribution in [3.05, 3.63) is 0 Å². The van der Waals surface area contributed by atoms with Crippen molar-refractivity contribution in [3.63, 3.8) is 0 Å². The second-order valence-electron chi connectivity index (χ2n) is 3.94. The van der Waals surface area contributed by atoms with Crippen LogP contribution in [0.1, 0.15) is 39.5 Å². The number of carbonyl (C=O) groups is 2. The Labute approximate surface area is 97.2 Å². The Morgan fingerprint density at radius 1 is 1.19 bits per heavy atom. The molecule has 1 unspecified atom stereocenters. The van der Waals surface area contributed by atoms with Crippen LogP contribution in [0.15, 0.2) is 0 Å². The first kappa shape index (κ1) is 14.9. The Morgan fingerprint density at radius 3 is 2.06 bits per heavy atom. The van der Waals surface area contributed by atoms with Crippen LogP contribution in [0.25, 0.3) is 0 Å². The molecule has 94 valence electrons. The summed E-state index contributed by atoms with van der Waals surface area (Å²) in [7, 11) is 0. The summed E-state index contributed by atoms with van der Waals surface area (Å²) in [6.07, 6.45) is 2.32. The zero-order chi connectivity index (χ0) is 12.6. The van der Waals surface area contributed by atoms with Crippen molar-refractivity contribution in [2.24, 2.45) is 11.5 Å². The minimum absolute atomic E-state index is 0.0787. The van der Waals surface area contributed by atoms with Gasteiger partial charge >= 0.3 is 0 Å². The fourth-order valence-corrected chi connectivity index (χ4v) is 1.53. The normalized spacial score (nSPS) is 12.2. The molecule has 0 fully saturated rings. The van der Waals surface area contributed by atoms with Gasteiger partial charge in [-0.1, -0.05) is 13.8 Å². The van der Waals surface area contributed by atoms with Crippen LogP contribution in [0.2, 0.25) is 0 Å². The van der Waals surface area contributed by atoms with Gasteiger partial charge in [-0.2, -0.15) is 0 Å². The molecule has 0 rings (SSSR count). The molecule has 0 spiro atoms. The van der Waals surface area contributed by atoms with Crippen LogP contribution in [0, 0.1) is 0 Å². The number of hydrogen-bond acceptors (Lipinski definition) is 3. The molecular weight excluding hydrogens is 206 g/mol. The smallest absolute Gasteiger partial charge is 0.239 e. The highest BCUT2D eigenvalue weighted by Crippen LogP contribution is 2.02. The lowest BCUT2D eigenvalue weighted by molar-refractivity contribution is -0.133. The van der Waals surface area contributed by atoms with Gasteiger partial charge in [0.1, 0.15) is 0 Å². The highest BCUT2D eigenvalue weighted by Gasteiger charge is 2.19.